The molecule has 1 saturated heterocycles. The van der Waals surface area contributed by atoms with Gasteiger partial charge in [-0.2, -0.15) is 18.3 Å². The zero-order valence-electron chi connectivity index (χ0n) is 15.2. The molecule has 0 bridgehead atoms. The molecule has 1 N–H and O–H groups in total. The molecule has 2 heterocycles. The third-order valence-corrected chi connectivity index (χ3v) is 4.98. The Morgan fingerprint density at radius 2 is 1.86 bits per heavy atom. The highest BCUT2D eigenvalue weighted by molar-refractivity contribution is 5.95. The van der Waals surface area contributed by atoms with Crippen LogP contribution in [0.5, 0.6) is 0 Å². The first-order valence-electron chi connectivity index (χ1n) is 8.90. The molecule has 1 amide bonds. The molecule has 1 aliphatic heterocycles. The number of hydrogen-bond donors (Lipinski definition) is 1. The Kier molecular flexibility index (Phi) is 5.44. The molecule has 1 aromatic carbocycles. The van der Waals surface area contributed by atoms with E-state index in [4.69, 9.17) is 5.11 Å². The number of nitrogens with zero attached hydrogens (tertiary/aromatic N) is 3. The summed E-state index contributed by atoms with van der Waals surface area (Å²) < 4.78 is 42.2. The van der Waals surface area contributed by atoms with Crippen molar-refractivity contribution in [1.82, 2.24) is 14.7 Å². The van der Waals surface area contributed by atoms with Crippen LogP contribution in [-0.4, -0.2) is 44.8 Å². The Balaban J connectivity index is 1.90. The van der Waals surface area contributed by atoms with Crippen LogP contribution in [0.25, 0.3) is 5.69 Å². The summed E-state index contributed by atoms with van der Waals surface area (Å²) in [6.45, 7) is 2.12. The van der Waals surface area contributed by atoms with Crippen molar-refractivity contribution in [2.24, 2.45) is 5.92 Å². The maximum atomic E-state index is 13.8. The number of aryl methyl sites for hydroxylation is 1. The number of likely N-dealkylation sites (tertiary alicyclic amines) is 1. The van der Waals surface area contributed by atoms with Gasteiger partial charge in [0.2, 0.25) is 0 Å². The molecule has 0 aliphatic carbocycles. The van der Waals surface area contributed by atoms with E-state index in [2.05, 4.69) is 5.10 Å². The van der Waals surface area contributed by atoms with Gasteiger partial charge in [0.05, 0.1) is 17.4 Å². The van der Waals surface area contributed by atoms with Crippen molar-refractivity contribution >= 4 is 11.9 Å². The predicted octanol–water partition coefficient (Wildman–Crippen LogP) is 3.53. The molecule has 2 aromatic rings. The topological polar surface area (TPSA) is 75.4 Å². The van der Waals surface area contributed by atoms with Gasteiger partial charge in [0.1, 0.15) is 0 Å². The van der Waals surface area contributed by atoms with E-state index in [1.165, 1.54) is 11.0 Å². The summed E-state index contributed by atoms with van der Waals surface area (Å²) in [5, 5.41) is 12.7. The number of carboxylic acid groups (broad SMARTS) is 1. The van der Waals surface area contributed by atoms with Crippen molar-refractivity contribution < 1.29 is 27.9 Å². The number of para-hydroxylation sites is 1. The summed E-state index contributed by atoms with van der Waals surface area (Å²) in [6.07, 6.45) is -2.90. The van der Waals surface area contributed by atoms with Crippen LogP contribution >= 0.6 is 0 Å². The van der Waals surface area contributed by atoms with Gasteiger partial charge in [-0.3, -0.25) is 9.59 Å². The second kappa shape index (κ2) is 7.65. The highest BCUT2D eigenvalue weighted by Crippen LogP contribution is 2.35. The first kappa shape index (κ1) is 19.9. The minimum atomic E-state index is -4.76. The number of hydrogen-bond acceptors (Lipinski definition) is 3. The third kappa shape index (κ3) is 4.02. The molecular formula is C19H20F3N3O3. The summed E-state index contributed by atoms with van der Waals surface area (Å²) in [4.78, 5) is 24.9. The van der Waals surface area contributed by atoms with Gasteiger partial charge in [0, 0.05) is 19.5 Å². The summed E-state index contributed by atoms with van der Waals surface area (Å²) in [5.74, 6) is -1.72. The highest BCUT2D eigenvalue weighted by atomic mass is 19.4. The Bertz CT molecular complexity index is 884. The van der Waals surface area contributed by atoms with E-state index >= 15 is 0 Å². The predicted molar refractivity (Wildman–Crippen MR) is 94.2 cm³/mol. The summed E-state index contributed by atoms with van der Waals surface area (Å²) >= 11 is 0. The van der Waals surface area contributed by atoms with Gasteiger partial charge >= 0.3 is 12.1 Å². The van der Waals surface area contributed by atoms with Gasteiger partial charge in [0.15, 0.2) is 5.69 Å². The molecule has 3 rings (SSSR count). The number of rotatable bonds is 4. The standard InChI is InChI=1S/C19H20F3N3O3/c1-12-4-2-3-5-15(12)25-17(19(20,21)22)14(11-23-25)18(28)24-8-6-13(7-9-24)10-16(26)27/h2-5,11,13H,6-10H2,1H3,(H,26,27). The Morgan fingerprint density at radius 1 is 1.21 bits per heavy atom. The van der Waals surface area contributed by atoms with Crippen LogP contribution < -0.4 is 0 Å². The lowest BCUT2D eigenvalue weighted by Crippen LogP contribution is -2.39. The Morgan fingerprint density at radius 3 is 2.43 bits per heavy atom. The van der Waals surface area contributed by atoms with Crippen molar-refractivity contribution in [3.8, 4) is 5.69 Å². The number of halogens is 3. The average Bonchev–Trinajstić information content (AvgIpc) is 3.07. The summed E-state index contributed by atoms with van der Waals surface area (Å²) in [6, 6.07) is 6.51. The van der Waals surface area contributed by atoms with Crippen LogP contribution in [0, 0.1) is 12.8 Å². The quantitative estimate of drug-likeness (QED) is 0.860. The number of alkyl halides is 3. The van der Waals surface area contributed by atoms with E-state index in [0.29, 0.717) is 18.4 Å². The summed E-state index contributed by atoms with van der Waals surface area (Å²) in [7, 11) is 0. The first-order valence-corrected chi connectivity index (χ1v) is 8.90. The van der Waals surface area contributed by atoms with Crippen LogP contribution in [0.3, 0.4) is 0 Å². The van der Waals surface area contributed by atoms with E-state index in [1.807, 2.05) is 0 Å². The molecule has 0 saturated carbocycles. The molecular weight excluding hydrogens is 375 g/mol. The van der Waals surface area contributed by atoms with E-state index in [0.717, 1.165) is 10.9 Å². The molecule has 0 radical (unpaired) electrons. The smallest absolute Gasteiger partial charge is 0.434 e. The fourth-order valence-corrected chi connectivity index (χ4v) is 3.52. The van der Waals surface area contributed by atoms with E-state index in [1.54, 1.807) is 25.1 Å². The molecule has 1 aliphatic rings. The molecule has 0 spiro atoms. The zero-order chi connectivity index (χ0) is 20.5. The van der Waals surface area contributed by atoms with Gasteiger partial charge in [-0.05, 0) is 37.3 Å². The van der Waals surface area contributed by atoms with Crippen molar-refractivity contribution in [3.63, 3.8) is 0 Å². The number of piperidine rings is 1. The van der Waals surface area contributed by atoms with Crippen molar-refractivity contribution in [3.05, 3.63) is 47.3 Å². The zero-order valence-corrected chi connectivity index (χ0v) is 15.2. The van der Waals surface area contributed by atoms with Crippen LogP contribution in [0.15, 0.2) is 30.5 Å². The third-order valence-electron chi connectivity index (χ3n) is 4.98. The number of aliphatic carboxylic acids is 1. The van der Waals surface area contributed by atoms with Crippen molar-refractivity contribution in [2.75, 3.05) is 13.1 Å². The molecule has 6 nitrogen and oxygen atoms in total. The molecule has 0 atom stereocenters. The molecule has 150 valence electrons. The van der Waals surface area contributed by atoms with Crippen LogP contribution in [0.4, 0.5) is 13.2 Å². The number of carboxylic acids is 1. The monoisotopic (exact) mass is 395 g/mol. The van der Waals surface area contributed by atoms with Crippen LogP contribution in [0.2, 0.25) is 0 Å². The molecule has 28 heavy (non-hydrogen) atoms. The number of carbonyl (C=O) groups excluding carboxylic acids is 1. The van der Waals surface area contributed by atoms with E-state index in [9.17, 15) is 22.8 Å². The molecule has 1 aromatic heterocycles. The summed E-state index contributed by atoms with van der Waals surface area (Å²) in [5.41, 5.74) is -0.731. The van der Waals surface area contributed by atoms with Gasteiger partial charge in [-0.1, -0.05) is 18.2 Å². The highest BCUT2D eigenvalue weighted by Gasteiger charge is 2.42. The maximum absolute atomic E-state index is 13.8. The largest absolute Gasteiger partial charge is 0.481 e. The van der Waals surface area contributed by atoms with Gasteiger partial charge < -0.3 is 10.0 Å². The number of benzene rings is 1. The lowest BCUT2D eigenvalue weighted by molar-refractivity contribution is -0.143. The second-order valence-electron chi connectivity index (χ2n) is 6.94. The molecule has 1 fully saturated rings. The maximum Gasteiger partial charge on any atom is 0.434 e. The van der Waals surface area contributed by atoms with Gasteiger partial charge in [-0.25, -0.2) is 4.68 Å². The van der Waals surface area contributed by atoms with Crippen molar-refractivity contribution in [2.45, 2.75) is 32.4 Å². The fourth-order valence-electron chi connectivity index (χ4n) is 3.52. The number of carbonyl (C=O) groups is 2. The van der Waals surface area contributed by atoms with Crippen molar-refractivity contribution in [1.29, 1.82) is 0 Å². The minimum Gasteiger partial charge on any atom is -0.481 e. The molecule has 9 heteroatoms. The van der Waals surface area contributed by atoms with Gasteiger partial charge in [0.25, 0.3) is 5.91 Å². The van der Waals surface area contributed by atoms with E-state index in [-0.39, 0.29) is 31.1 Å². The lowest BCUT2D eigenvalue weighted by Gasteiger charge is -2.31. The minimum absolute atomic E-state index is 0.00104. The first-order chi connectivity index (χ1) is 13.2. The van der Waals surface area contributed by atoms with Crippen LogP contribution in [0.1, 0.15) is 40.9 Å². The van der Waals surface area contributed by atoms with Crippen LogP contribution in [-0.2, 0) is 11.0 Å². The second-order valence-corrected chi connectivity index (χ2v) is 6.94. The Hall–Kier alpha value is -2.84. The van der Waals surface area contributed by atoms with Gasteiger partial charge in [-0.15, -0.1) is 0 Å². The normalized spacial score (nSPS) is 15.6. The fraction of sp³-hybridized carbons (Fsp3) is 0.421. The average molecular weight is 395 g/mol. The SMILES string of the molecule is Cc1ccccc1-n1ncc(C(=O)N2CCC(CC(=O)O)CC2)c1C(F)(F)F. The number of amides is 1. The van der Waals surface area contributed by atoms with E-state index < -0.39 is 29.3 Å². The molecule has 0 unspecified atom stereocenters. The Labute approximate surface area is 159 Å². The number of aromatic nitrogens is 2. The lowest BCUT2D eigenvalue weighted by atomic mass is 9.93.